The lowest BCUT2D eigenvalue weighted by atomic mass is 9.94. The second-order valence-electron chi connectivity index (χ2n) is 6.40. The highest BCUT2D eigenvalue weighted by molar-refractivity contribution is 6.08. The lowest BCUT2D eigenvalue weighted by Gasteiger charge is -2.26. The van der Waals surface area contributed by atoms with E-state index in [0.717, 1.165) is 13.1 Å². The number of nitrogens with one attached hydrogen (secondary N) is 1. The molecule has 0 spiro atoms. The van der Waals surface area contributed by atoms with Gasteiger partial charge in [0.15, 0.2) is 0 Å². The van der Waals surface area contributed by atoms with E-state index in [9.17, 15) is 24.6 Å². The molecule has 10 nitrogen and oxygen atoms in total. The number of nitrogen functional groups attached to an aromatic ring is 1. The van der Waals surface area contributed by atoms with Crippen molar-refractivity contribution in [2.24, 2.45) is 0 Å². The number of benzene rings is 1. The maximum Gasteiger partial charge on any atom is 0.342 e. The number of rotatable bonds is 7. The Kier molecular flexibility index (Phi) is 6.15. The number of aromatic amines is 1. The Balaban J connectivity index is 2.01. The van der Waals surface area contributed by atoms with Gasteiger partial charge in [-0.05, 0) is 6.07 Å². The van der Waals surface area contributed by atoms with Crippen molar-refractivity contribution in [3.63, 3.8) is 0 Å². The first-order valence-electron chi connectivity index (χ1n) is 8.94. The number of hydrogen-bond acceptors (Lipinski definition) is 7. The number of nitrogens with two attached hydrogens (primary N) is 1. The first kappa shape index (κ1) is 20.4. The molecule has 0 atom stereocenters. The van der Waals surface area contributed by atoms with Crippen molar-refractivity contribution in [2.75, 3.05) is 45.2 Å². The van der Waals surface area contributed by atoms with Crippen LogP contribution in [0.5, 0.6) is 5.75 Å². The van der Waals surface area contributed by atoms with Gasteiger partial charge in [0.05, 0.1) is 13.2 Å². The van der Waals surface area contributed by atoms with Crippen molar-refractivity contribution in [1.29, 1.82) is 0 Å². The van der Waals surface area contributed by atoms with Gasteiger partial charge in [-0.3, -0.25) is 9.69 Å². The summed E-state index contributed by atoms with van der Waals surface area (Å²) in [4.78, 5) is 40.0. The van der Waals surface area contributed by atoms with Crippen LogP contribution in [0.2, 0.25) is 0 Å². The zero-order valence-corrected chi connectivity index (χ0v) is 15.5. The number of aromatic carboxylic acids is 2. The SMILES string of the molecule is Nc1[nH]c(=O)c(C(=O)O)c(-c2ccccc2OCCN2CCOCC2)c1C(=O)O. The third kappa shape index (κ3) is 4.39. The molecule has 1 aromatic carbocycles. The van der Waals surface area contributed by atoms with Gasteiger partial charge in [-0.25, -0.2) is 9.59 Å². The standard InChI is InChI=1S/C19H21N3O7/c20-16-14(18(24)25)13(15(19(26)27)17(23)21-16)11-3-1-2-4-12(11)29-10-7-22-5-8-28-9-6-22/h1-4H,5-10H2,(H,24,25)(H,26,27)(H3,20,21,23). The lowest BCUT2D eigenvalue weighted by Crippen LogP contribution is -2.38. The molecule has 1 aromatic heterocycles. The molecule has 0 bridgehead atoms. The summed E-state index contributed by atoms with van der Waals surface area (Å²) in [5.74, 6) is -3.19. The van der Waals surface area contributed by atoms with Crippen LogP contribution in [0.1, 0.15) is 20.7 Å². The Morgan fingerprint density at radius 1 is 1.14 bits per heavy atom. The first-order chi connectivity index (χ1) is 13.9. The Hall–Kier alpha value is -3.37. The number of ether oxygens (including phenoxy) is 2. The van der Waals surface area contributed by atoms with E-state index >= 15 is 0 Å². The van der Waals surface area contributed by atoms with E-state index in [1.807, 2.05) is 0 Å². The van der Waals surface area contributed by atoms with Gasteiger partial charge in [-0.15, -0.1) is 0 Å². The van der Waals surface area contributed by atoms with Gasteiger partial charge in [0.1, 0.15) is 29.3 Å². The molecule has 1 aliphatic rings. The molecule has 1 fully saturated rings. The van der Waals surface area contributed by atoms with E-state index in [0.29, 0.717) is 26.4 Å². The summed E-state index contributed by atoms with van der Waals surface area (Å²) in [5.41, 5.74) is 3.38. The van der Waals surface area contributed by atoms with E-state index in [-0.39, 0.29) is 16.9 Å². The minimum absolute atomic E-state index is 0.169. The highest BCUT2D eigenvalue weighted by Crippen LogP contribution is 2.35. The van der Waals surface area contributed by atoms with Crippen LogP contribution in [0, 0.1) is 0 Å². The van der Waals surface area contributed by atoms with E-state index < -0.39 is 34.4 Å². The zero-order valence-electron chi connectivity index (χ0n) is 15.5. The van der Waals surface area contributed by atoms with Crippen molar-refractivity contribution in [3.8, 4) is 16.9 Å². The molecule has 2 heterocycles. The number of carbonyl (C=O) groups is 2. The monoisotopic (exact) mass is 403 g/mol. The molecule has 0 aliphatic carbocycles. The summed E-state index contributed by atoms with van der Waals surface area (Å²) in [5, 5.41) is 19.1. The number of pyridine rings is 1. The number of hydrogen-bond donors (Lipinski definition) is 4. The van der Waals surface area contributed by atoms with E-state index in [4.69, 9.17) is 15.2 Å². The molecule has 29 heavy (non-hydrogen) atoms. The topological polar surface area (TPSA) is 155 Å². The number of aromatic nitrogens is 1. The van der Waals surface area contributed by atoms with Crippen LogP contribution in [0.3, 0.4) is 0 Å². The molecular formula is C19H21N3O7. The van der Waals surface area contributed by atoms with Gasteiger partial charge in [0.2, 0.25) is 0 Å². The van der Waals surface area contributed by atoms with Crippen molar-refractivity contribution in [1.82, 2.24) is 9.88 Å². The van der Waals surface area contributed by atoms with Crippen molar-refractivity contribution >= 4 is 17.8 Å². The number of anilines is 1. The van der Waals surface area contributed by atoms with E-state index in [1.165, 1.54) is 6.07 Å². The van der Waals surface area contributed by atoms with Crippen LogP contribution in [-0.4, -0.2) is 71.5 Å². The molecule has 0 amide bonds. The van der Waals surface area contributed by atoms with Gasteiger partial charge in [-0.1, -0.05) is 18.2 Å². The van der Waals surface area contributed by atoms with Gasteiger partial charge in [0, 0.05) is 30.8 Å². The molecule has 0 unspecified atom stereocenters. The van der Waals surface area contributed by atoms with Gasteiger partial charge in [-0.2, -0.15) is 0 Å². The van der Waals surface area contributed by atoms with E-state index in [2.05, 4.69) is 9.88 Å². The maximum atomic E-state index is 12.2. The Morgan fingerprint density at radius 2 is 1.79 bits per heavy atom. The number of carboxylic acid groups (broad SMARTS) is 2. The molecule has 0 radical (unpaired) electrons. The predicted molar refractivity (Wildman–Crippen MR) is 104 cm³/mol. The lowest BCUT2D eigenvalue weighted by molar-refractivity contribution is 0.0323. The molecule has 0 saturated carbocycles. The Morgan fingerprint density at radius 3 is 2.45 bits per heavy atom. The quantitative estimate of drug-likeness (QED) is 0.523. The average molecular weight is 403 g/mol. The van der Waals surface area contributed by atoms with Gasteiger partial charge < -0.3 is 30.4 Å². The number of para-hydroxylation sites is 1. The fourth-order valence-corrected chi connectivity index (χ4v) is 3.22. The summed E-state index contributed by atoms with van der Waals surface area (Å²) >= 11 is 0. The van der Waals surface area contributed by atoms with E-state index in [1.54, 1.807) is 18.2 Å². The van der Waals surface area contributed by atoms with Crippen molar-refractivity contribution in [3.05, 3.63) is 45.7 Å². The fraction of sp³-hybridized carbons (Fsp3) is 0.316. The minimum Gasteiger partial charge on any atom is -0.492 e. The van der Waals surface area contributed by atoms with Crippen LogP contribution >= 0.6 is 0 Å². The number of H-pyrrole nitrogens is 1. The largest absolute Gasteiger partial charge is 0.492 e. The molecular weight excluding hydrogens is 382 g/mol. The van der Waals surface area contributed by atoms with Gasteiger partial charge >= 0.3 is 11.9 Å². The number of nitrogens with zero attached hydrogens (tertiary/aromatic N) is 1. The summed E-state index contributed by atoms with van der Waals surface area (Å²) in [7, 11) is 0. The maximum absolute atomic E-state index is 12.2. The summed E-state index contributed by atoms with van der Waals surface area (Å²) < 4.78 is 11.1. The zero-order chi connectivity index (χ0) is 21.0. The Labute approximate surface area is 165 Å². The average Bonchev–Trinajstić information content (AvgIpc) is 2.68. The highest BCUT2D eigenvalue weighted by Gasteiger charge is 2.28. The molecule has 5 N–H and O–H groups in total. The number of carboxylic acids is 2. The van der Waals surface area contributed by atoms with Crippen LogP contribution in [0.25, 0.3) is 11.1 Å². The second-order valence-corrected chi connectivity index (χ2v) is 6.40. The van der Waals surface area contributed by atoms with Crippen molar-refractivity contribution < 1.29 is 29.3 Å². The first-order valence-corrected chi connectivity index (χ1v) is 8.94. The fourth-order valence-electron chi connectivity index (χ4n) is 3.22. The third-order valence-electron chi connectivity index (χ3n) is 4.60. The van der Waals surface area contributed by atoms with Crippen molar-refractivity contribution in [2.45, 2.75) is 0 Å². The van der Waals surface area contributed by atoms with Crippen LogP contribution in [-0.2, 0) is 4.74 Å². The van der Waals surface area contributed by atoms with Crippen LogP contribution in [0.4, 0.5) is 5.82 Å². The molecule has 154 valence electrons. The summed E-state index contributed by atoms with van der Waals surface area (Å²) in [6.07, 6.45) is 0. The smallest absolute Gasteiger partial charge is 0.342 e. The molecule has 1 aliphatic heterocycles. The summed E-state index contributed by atoms with van der Waals surface area (Å²) in [6.45, 7) is 3.76. The minimum atomic E-state index is -1.56. The van der Waals surface area contributed by atoms with Crippen LogP contribution in [0.15, 0.2) is 29.1 Å². The molecule has 10 heteroatoms. The van der Waals surface area contributed by atoms with Gasteiger partial charge in [0.25, 0.3) is 5.56 Å². The van der Waals surface area contributed by atoms with Crippen LogP contribution < -0.4 is 16.0 Å². The predicted octanol–water partition coefficient (Wildman–Crippen LogP) is 0.732. The Bertz CT molecular complexity index is 980. The number of morpholine rings is 1. The normalized spacial score (nSPS) is 14.5. The third-order valence-corrected chi connectivity index (χ3v) is 4.60. The summed E-state index contributed by atoms with van der Waals surface area (Å²) in [6, 6.07) is 6.35. The highest BCUT2D eigenvalue weighted by atomic mass is 16.5. The molecule has 3 rings (SSSR count). The second kappa shape index (κ2) is 8.76. The molecule has 1 saturated heterocycles. The molecule has 2 aromatic rings.